The molecular weight excluding hydrogens is 606 g/mol. The lowest BCUT2D eigenvalue weighted by molar-refractivity contribution is 0.0572. The molecule has 0 bridgehead atoms. The fourth-order valence-corrected chi connectivity index (χ4v) is 6.92. The quantitative estimate of drug-likeness (QED) is 0.218. The van der Waals surface area contributed by atoms with E-state index in [1.54, 1.807) is 25.3 Å². The van der Waals surface area contributed by atoms with Crippen LogP contribution >= 0.6 is 0 Å². The van der Waals surface area contributed by atoms with Crippen LogP contribution in [0.15, 0.2) is 66.7 Å². The zero-order chi connectivity index (χ0) is 33.0. The predicted molar refractivity (Wildman–Crippen MR) is 178 cm³/mol. The number of nitrogens with zero attached hydrogens (tertiary/aromatic N) is 4. The summed E-state index contributed by atoms with van der Waals surface area (Å²) in [5.41, 5.74) is 3.50. The fourth-order valence-electron chi connectivity index (χ4n) is 6.26. The Hall–Kier alpha value is -3.97. The van der Waals surface area contributed by atoms with E-state index in [-0.39, 0.29) is 24.4 Å². The van der Waals surface area contributed by atoms with E-state index in [0.29, 0.717) is 41.0 Å². The molecule has 12 heteroatoms. The lowest BCUT2D eigenvalue weighted by Crippen LogP contribution is -2.47. The minimum Gasteiger partial charge on any atom is -0.493 e. The molecule has 2 amide bonds. The van der Waals surface area contributed by atoms with Crippen LogP contribution in [0.5, 0.6) is 11.5 Å². The first kappa shape index (κ1) is 33.4. The molecule has 11 nitrogen and oxygen atoms in total. The van der Waals surface area contributed by atoms with Gasteiger partial charge in [0.15, 0.2) is 11.5 Å². The van der Waals surface area contributed by atoms with Crippen LogP contribution in [-0.2, 0) is 10.2 Å². The molecule has 0 aliphatic carbocycles. The van der Waals surface area contributed by atoms with Crippen LogP contribution in [0, 0.1) is 0 Å². The highest BCUT2D eigenvalue weighted by molar-refractivity contribution is 7.87. The molecule has 1 N–H and O–H groups in total. The maximum atomic E-state index is 14.3. The zero-order valence-corrected chi connectivity index (χ0v) is 27.9. The van der Waals surface area contributed by atoms with Gasteiger partial charge in [0.1, 0.15) is 0 Å². The van der Waals surface area contributed by atoms with Gasteiger partial charge in [-0.2, -0.15) is 12.7 Å². The number of carbonyl (C=O) groups is 2. The molecule has 2 heterocycles. The molecule has 0 spiro atoms. The molecular formula is C34H43N5O6S. The first-order valence-corrected chi connectivity index (χ1v) is 16.9. The van der Waals surface area contributed by atoms with Crippen molar-refractivity contribution < 1.29 is 27.5 Å². The molecule has 246 valence electrons. The van der Waals surface area contributed by atoms with E-state index >= 15 is 0 Å². The van der Waals surface area contributed by atoms with Gasteiger partial charge >= 0.3 is 0 Å². The van der Waals surface area contributed by atoms with Crippen molar-refractivity contribution in [2.24, 2.45) is 0 Å². The van der Waals surface area contributed by atoms with Crippen LogP contribution in [-0.4, -0.2) is 95.4 Å². The van der Waals surface area contributed by atoms with Gasteiger partial charge in [-0.15, -0.1) is 0 Å². The fraction of sp³-hybridized carbons (Fsp3) is 0.412. The van der Waals surface area contributed by atoms with E-state index in [0.717, 1.165) is 36.2 Å². The summed E-state index contributed by atoms with van der Waals surface area (Å²) >= 11 is 0. The van der Waals surface area contributed by atoms with Gasteiger partial charge in [0.05, 0.1) is 37.1 Å². The predicted octanol–water partition coefficient (Wildman–Crippen LogP) is 4.10. The normalized spacial score (nSPS) is 16.9. The molecule has 5 rings (SSSR count). The highest BCUT2D eigenvalue weighted by Gasteiger charge is 2.43. The highest BCUT2D eigenvalue weighted by atomic mass is 32.2. The molecule has 46 heavy (non-hydrogen) atoms. The Morgan fingerprint density at radius 3 is 2.20 bits per heavy atom. The number of anilines is 1. The SMILES string of the molecule is COc1ccc(C(CCCNS(=O)(=O)N(C)C)N2C(=O)c3cccc(N4CCN([C@H](C)c5ccccc5)CC4)c3C2=O)cc1OC. The Morgan fingerprint density at radius 1 is 0.848 bits per heavy atom. The van der Waals surface area contributed by atoms with E-state index in [4.69, 9.17) is 9.47 Å². The van der Waals surface area contributed by atoms with Crippen molar-refractivity contribution in [1.29, 1.82) is 0 Å². The Balaban J connectivity index is 1.40. The number of methoxy groups -OCH3 is 2. The van der Waals surface area contributed by atoms with Gasteiger partial charge in [-0.1, -0.05) is 42.5 Å². The van der Waals surface area contributed by atoms with Crippen LogP contribution in [0.25, 0.3) is 0 Å². The third-order valence-electron chi connectivity index (χ3n) is 8.93. The summed E-state index contributed by atoms with van der Waals surface area (Å²) in [5, 5.41) is 0. The minimum atomic E-state index is -3.62. The maximum absolute atomic E-state index is 14.3. The molecule has 2 aliphatic rings. The van der Waals surface area contributed by atoms with Crippen LogP contribution in [0.2, 0.25) is 0 Å². The number of amides is 2. The lowest BCUT2D eigenvalue weighted by atomic mass is 9.99. The van der Waals surface area contributed by atoms with Crippen molar-refractivity contribution in [1.82, 2.24) is 18.8 Å². The van der Waals surface area contributed by atoms with Gasteiger partial charge < -0.3 is 14.4 Å². The Bertz CT molecular complexity index is 1660. The summed E-state index contributed by atoms with van der Waals surface area (Å²) in [6.07, 6.45) is 0.718. The first-order valence-electron chi connectivity index (χ1n) is 15.5. The third-order valence-corrected chi connectivity index (χ3v) is 10.5. The molecule has 2 atom stereocenters. The lowest BCUT2D eigenvalue weighted by Gasteiger charge is -2.39. The van der Waals surface area contributed by atoms with Crippen molar-refractivity contribution in [2.75, 3.05) is 65.9 Å². The zero-order valence-electron chi connectivity index (χ0n) is 27.1. The summed E-state index contributed by atoms with van der Waals surface area (Å²) in [6, 6.07) is 20.8. The topological polar surface area (TPSA) is 112 Å². The number of hydrogen-bond acceptors (Lipinski definition) is 8. The maximum Gasteiger partial charge on any atom is 0.278 e. The van der Waals surface area contributed by atoms with Crippen molar-refractivity contribution >= 4 is 27.7 Å². The monoisotopic (exact) mass is 649 g/mol. The number of carbonyl (C=O) groups excluding carboxylic acids is 2. The number of fused-ring (bicyclic) bond motifs is 1. The summed E-state index contributed by atoms with van der Waals surface area (Å²) in [5.74, 6) is 0.267. The number of piperazine rings is 1. The van der Waals surface area contributed by atoms with Crippen molar-refractivity contribution in [3.05, 3.63) is 89.0 Å². The second-order valence-electron chi connectivity index (χ2n) is 11.7. The molecule has 3 aromatic rings. The Kier molecular flexibility index (Phi) is 10.3. The number of benzene rings is 3. The van der Waals surface area contributed by atoms with Crippen LogP contribution in [0.4, 0.5) is 5.69 Å². The summed E-state index contributed by atoms with van der Waals surface area (Å²) < 4.78 is 39.2. The third kappa shape index (κ3) is 6.75. The smallest absolute Gasteiger partial charge is 0.278 e. The number of hydrogen-bond donors (Lipinski definition) is 1. The van der Waals surface area contributed by atoms with Crippen LogP contribution in [0.3, 0.4) is 0 Å². The van der Waals surface area contributed by atoms with Crippen molar-refractivity contribution in [3.63, 3.8) is 0 Å². The average molecular weight is 650 g/mol. The van der Waals surface area contributed by atoms with Gasteiger partial charge in [0.2, 0.25) is 0 Å². The number of imide groups is 1. The standard InChI is InChI=1S/C34H43N5O6S/c1-24(25-11-7-6-8-12-25)37-19-21-38(22-20-37)29-14-9-13-27-32(29)34(41)39(33(27)40)28(15-10-18-35-46(42,43)36(2)3)26-16-17-30(44-4)31(23-26)45-5/h6-9,11-14,16-17,23-24,28,35H,10,15,18-22H2,1-5H3/t24-,28?/m1/s1. The van der Waals surface area contributed by atoms with Crippen LogP contribution < -0.4 is 19.1 Å². The average Bonchev–Trinajstić information content (AvgIpc) is 3.33. The summed E-state index contributed by atoms with van der Waals surface area (Å²) in [7, 11) is 2.36. The van der Waals surface area contributed by atoms with E-state index in [1.807, 2.05) is 24.3 Å². The second kappa shape index (κ2) is 14.2. The van der Waals surface area contributed by atoms with Crippen LogP contribution in [0.1, 0.15) is 63.7 Å². The molecule has 1 fully saturated rings. The van der Waals surface area contributed by atoms with Gasteiger partial charge in [-0.25, -0.2) is 4.72 Å². The molecule has 1 unspecified atom stereocenters. The van der Waals surface area contributed by atoms with E-state index < -0.39 is 16.3 Å². The summed E-state index contributed by atoms with van der Waals surface area (Å²) in [6.45, 7) is 5.45. The number of nitrogens with one attached hydrogen (secondary N) is 1. The molecule has 0 saturated carbocycles. The molecule has 1 saturated heterocycles. The molecule has 0 aromatic heterocycles. The van der Waals surface area contributed by atoms with Gasteiger partial charge in [-0.05, 0) is 55.2 Å². The Labute approximate surface area is 271 Å². The van der Waals surface area contributed by atoms with E-state index in [9.17, 15) is 18.0 Å². The molecule has 0 radical (unpaired) electrons. The van der Waals surface area contributed by atoms with E-state index in [2.05, 4.69) is 45.7 Å². The molecule has 3 aromatic carbocycles. The largest absolute Gasteiger partial charge is 0.493 e. The molecule has 2 aliphatic heterocycles. The van der Waals surface area contributed by atoms with Gasteiger partial charge in [-0.3, -0.25) is 19.4 Å². The number of ether oxygens (including phenoxy) is 2. The highest BCUT2D eigenvalue weighted by Crippen LogP contribution is 2.40. The minimum absolute atomic E-state index is 0.143. The van der Waals surface area contributed by atoms with Gasteiger partial charge in [0, 0.05) is 52.9 Å². The van der Waals surface area contributed by atoms with E-state index in [1.165, 1.54) is 31.7 Å². The van der Waals surface area contributed by atoms with Crippen molar-refractivity contribution in [3.8, 4) is 11.5 Å². The van der Waals surface area contributed by atoms with Gasteiger partial charge in [0.25, 0.3) is 22.0 Å². The van der Waals surface area contributed by atoms with Crippen molar-refractivity contribution in [2.45, 2.75) is 31.8 Å². The summed E-state index contributed by atoms with van der Waals surface area (Å²) in [4.78, 5) is 34.3. The second-order valence-corrected chi connectivity index (χ2v) is 13.7. The Morgan fingerprint density at radius 2 is 1.54 bits per heavy atom. The number of rotatable bonds is 13. The first-order chi connectivity index (χ1) is 22.1.